The lowest BCUT2D eigenvalue weighted by Crippen LogP contribution is -2.54. The van der Waals surface area contributed by atoms with E-state index < -0.39 is 28.5 Å². The standard InChI is InChI=1S/C34H36ClN3O4S/c1-25(2)36-34(40)32(22-27-13-6-4-7-14-27)37(23-28-15-11-16-29(35)21-28)33(39)24-38(30-17-10-12-26(3)20-30)43(41,42)31-18-8-5-9-19-31/h4-21,25,32H,22-24H2,1-3H3,(H,36,40)/t32-/m0/s1. The first-order valence-electron chi connectivity index (χ1n) is 14.1. The van der Waals surface area contributed by atoms with Gasteiger partial charge in [-0.25, -0.2) is 8.42 Å². The maximum atomic E-state index is 14.4. The first-order chi connectivity index (χ1) is 20.5. The summed E-state index contributed by atoms with van der Waals surface area (Å²) in [7, 11) is -4.14. The van der Waals surface area contributed by atoms with Gasteiger partial charge in [0.2, 0.25) is 11.8 Å². The van der Waals surface area contributed by atoms with Gasteiger partial charge < -0.3 is 10.2 Å². The zero-order chi connectivity index (χ0) is 31.0. The Labute approximate surface area is 259 Å². The van der Waals surface area contributed by atoms with Crippen molar-refractivity contribution < 1.29 is 18.0 Å². The molecule has 4 rings (SSSR count). The van der Waals surface area contributed by atoms with Crippen LogP contribution < -0.4 is 9.62 Å². The van der Waals surface area contributed by atoms with E-state index in [9.17, 15) is 18.0 Å². The molecule has 0 heterocycles. The third kappa shape index (κ3) is 8.46. The van der Waals surface area contributed by atoms with Gasteiger partial charge in [-0.15, -0.1) is 0 Å². The minimum Gasteiger partial charge on any atom is -0.352 e. The number of hydrogen-bond acceptors (Lipinski definition) is 4. The van der Waals surface area contributed by atoms with E-state index in [-0.39, 0.29) is 29.8 Å². The molecule has 224 valence electrons. The molecule has 0 spiro atoms. The normalized spacial score (nSPS) is 12.0. The molecule has 0 saturated carbocycles. The zero-order valence-electron chi connectivity index (χ0n) is 24.5. The van der Waals surface area contributed by atoms with E-state index in [4.69, 9.17) is 11.6 Å². The van der Waals surface area contributed by atoms with Crippen LogP contribution in [0, 0.1) is 6.92 Å². The van der Waals surface area contributed by atoms with Crippen molar-refractivity contribution in [1.29, 1.82) is 0 Å². The van der Waals surface area contributed by atoms with Gasteiger partial charge in [-0.1, -0.05) is 84.4 Å². The molecule has 0 fully saturated rings. The second-order valence-electron chi connectivity index (χ2n) is 10.7. The van der Waals surface area contributed by atoms with Crippen molar-refractivity contribution in [3.8, 4) is 0 Å². The van der Waals surface area contributed by atoms with Crippen molar-refractivity contribution in [3.63, 3.8) is 0 Å². The summed E-state index contributed by atoms with van der Waals surface area (Å²) in [5.74, 6) is -0.858. The van der Waals surface area contributed by atoms with Gasteiger partial charge in [0.1, 0.15) is 12.6 Å². The number of carbonyl (C=O) groups excluding carboxylic acids is 2. The zero-order valence-corrected chi connectivity index (χ0v) is 26.1. The van der Waals surface area contributed by atoms with Crippen LogP contribution in [0.15, 0.2) is 114 Å². The quantitative estimate of drug-likeness (QED) is 0.211. The van der Waals surface area contributed by atoms with Crippen LogP contribution in [0.5, 0.6) is 0 Å². The number of carbonyl (C=O) groups is 2. The maximum absolute atomic E-state index is 14.4. The highest BCUT2D eigenvalue weighted by Crippen LogP contribution is 2.26. The number of amides is 2. The minimum atomic E-state index is -4.14. The number of sulfonamides is 1. The highest BCUT2D eigenvalue weighted by molar-refractivity contribution is 7.92. The maximum Gasteiger partial charge on any atom is 0.264 e. The van der Waals surface area contributed by atoms with Crippen molar-refractivity contribution in [2.45, 2.75) is 50.7 Å². The van der Waals surface area contributed by atoms with Gasteiger partial charge >= 0.3 is 0 Å². The van der Waals surface area contributed by atoms with E-state index in [1.165, 1.54) is 17.0 Å². The molecule has 4 aromatic rings. The summed E-state index contributed by atoms with van der Waals surface area (Å²) < 4.78 is 29.1. The van der Waals surface area contributed by atoms with Crippen LogP contribution in [0.25, 0.3) is 0 Å². The first kappa shape index (κ1) is 31.8. The van der Waals surface area contributed by atoms with Crippen LogP contribution in [0.4, 0.5) is 5.69 Å². The topological polar surface area (TPSA) is 86.8 Å². The summed E-state index contributed by atoms with van der Waals surface area (Å²) in [5.41, 5.74) is 2.77. The molecular weight excluding hydrogens is 582 g/mol. The minimum absolute atomic E-state index is 0.0510. The number of halogens is 1. The van der Waals surface area contributed by atoms with Gasteiger partial charge in [0.05, 0.1) is 10.6 Å². The Morgan fingerprint density at radius 3 is 2.07 bits per heavy atom. The van der Waals surface area contributed by atoms with Gasteiger partial charge in [-0.05, 0) is 73.9 Å². The summed E-state index contributed by atoms with van der Waals surface area (Å²) >= 11 is 6.29. The second kappa shape index (κ2) is 14.4. The van der Waals surface area contributed by atoms with Crippen LogP contribution >= 0.6 is 11.6 Å². The lowest BCUT2D eigenvalue weighted by molar-refractivity contribution is -0.140. The van der Waals surface area contributed by atoms with Crippen LogP contribution in [0.3, 0.4) is 0 Å². The summed E-state index contributed by atoms with van der Waals surface area (Å²) in [6, 6.07) is 30.4. The highest BCUT2D eigenvalue weighted by atomic mass is 35.5. The molecule has 9 heteroatoms. The van der Waals surface area contributed by atoms with Gasteiger partial charge in [0.15, 0.2) is 0 Å². The largest absolute Gasteiger partial charge is 0.352 e. The number of anilines is 1. The third-order valence-corrected chi connectivity index (χ3v) is 8.87. The van der Waals surface area contributed by atoms with Crippen LogP contribution in [0.2, 0.25) is 5.02 Å². The second-order valence-corrected chi connectivity index (χ2v) is 13.0. The molecule has 0 aliphatic carbocycles. The molecule has 0 radical (unpaired) electrons. The number of hydrogen-bond donors (Lipinski definition) is 1. The fraction of sp³-hybridized carbons (Fsp3) is 0.235. The molecule has 43 heavy (non-hydrogen) atoms. The smallest absolute Gasteiger partial charge is 0.264 e. The summed E-state index contributed by atoms with van der Waals surface area (Å²) in [5, 5.41) is 3.44. The van der Waals surface area contributed by atoms with Gasteiger partial charge in [0.25, 0.3) is 10.0 Å². The summed E-state index contributed by atoms with van der Waals surface area (Å²) in [6.07, 6.45) is 0.238. The van der Waals surface area contributed by atoms with E-state index in [1.54, 1.807) is 54.6 Å². The number of nitrogens with one attached hydrogen (secondary N) is 1. The van der Waals surface area contributed by atoms with E-state index in [1.807, 2.05) is 63.2 Å². The molecule has 2 amide bonds. The van der Waals surface area contributed by atoms with Crippen molar-refractivity contribution >= 4 is 39.1 Å². The summed E-state index contributed by atoms with van der Waals surface area (Å²) in [6.45, 7) is 5.10. The average molecular weight is 618 g/mol. The van der Waals surface area contributed by atoms with Gasteiger partial charge in [-0.3, -0.25) is 13.9 Å². The predicted molar refractivity (Wildman–Crippen MR) is 171 cm³/mol. The monoisotopic (exact) mass is 617 g/mol. The van der Waals surface area contributed by atoms with Crippen LogP contribution in [0.1, 0.15) is 30.5 Å². The number of aryl methyl sites for hydroxylation is 1. The van der Waals surface area contributed by atoms with Gasteiger partial charge in [0, 0.05) is 24.0 Å². The van der Waals surface area contributed by atoms with E-state index in [2.05, 4.69) is 5.32 Å². The Morgan fingerprint density at radius 2 is 1.44 bits per heavy atom. The highest BCUT2D eigenvalue weighted by Gasteiger charge is 2.34. The first-order valence-corrected chi connectivity index (χ1v) is 15.9. The Morgan fingerprint density at radius 1 is 0.814 bits per heavy atom. The van der Waals surface area contributed by atoms with E-state index >= 15 is 0 Å². The SMILES string of the molecule is Cc1cccc(N(CC(=O)N(Cc2cccc(Cl)c2)[C@@H](Cc2ccccc2)C(=O)NC(C)C)S(=O)(=O)c2ccccc2)c1. The van der Waals surface area contributed by atoms with Crippen molar-refractivity contribution in [1.82, 2.24) is 10.2 Å². The average Bonchev–Trinajstić information content (AvgIpc) is 2.98. The van der Waals surface area contributed by atoms with Crippen LogP contribution in [-0.4, -0.2) is 43.8 Å². The molecule has 0 aliphatic rings. The molecular formula is C34H36ClN3O4S. The molecule has 1 atom stereocenters. The number of rotatable bonds is 12. The summed E-state index contributed by atoms with van der Waals surface area (Å²) in [4.78, 5) is 29.6. The predicted octanol–water partition coefficient (Wildman–Crippen LogP) is 6.01. The fourth-order valence-corrected chi connectivity index (χ4v) is 6.44. The molecule has 0 bridgehead atoms. The van der Waals surface area contributed by atoms with E-state index in [0.717, 1.165) is 15.4 Å². The van der Waals surface area contributed by atoms with Crippen molar-refractivity contribution in [3.05, 3.63) is 131 Å². The third-order valence-electron chi connectivity index (χ3n) is 6.84. The van der Waals surface area contributed by atoms with Crippen molar-refractivity contribution in [2.75, 3.05) is 10.8 Å². The van der Waals surface area contributed by atoms with Crippen molar-refractivity contribution in [2.24, 2.45) is 0 Å². The molecule has 0 aromatic heterocycles. The van der Waals surface area contributed by atoms with Crippen LogP contribution in [-0.2, 0) is 32.6 Å². The lowest BCUT2D eigenvalue weighted by atomic mass is 10.0. The molecule has 0 saturated heterocycles. The Balaban J connectivity index is 1.80. The molecule has 0 unspecified atom stereocenters. The fourth-order valence-electron chi connectivity index (χ4n) is 4.80. The van der Waals surface area contributed by atoms with Gasteiger partial charge in [-0.2, -0.15) is 0 Å². The lowest BCUT2D eigenvalue weighted by Gasteiger charge is -2.34. The number of benzene rings is 4. The van der Waals surface area contributed by atoms with E-state index in [0.29, 0.717) is 16.3 Å². The Kier molecular flexibility index (Phi) is 10.6. The molecule has 7 nitrogen and oxygen atoms in total. The molecule has 4 aromatic carbocycles. The Bertz CT molecular complexity index is 1650. The molecule has 0 aliphatic heterocycles. The number of nitrogens with zero attached hydrogens (tertiary/aromatic N) is 2. The Hall–Kier alpha value is -4.14. The molecule has 1 N–H and O–H groups in total.